The number of fused-ring (bicyclic) bond motifs is 10. The summed E-state index contributed by atoms with van der Waals surface area (Å²) in [5.41, 5.74) is 16.9. The first-order valence-corrected chi connectivity index (χ1v) is 20.9. The molecule has 55 heavy (non-hydrogen) atoms. The van der Waals surface area contributed by atoms with Crippen LogP contribution in [0.3, 0.4) is 0 Å². The molecule has 5 heterocycles. The molecular formula is C48H28N4S3. The zero-order valence-corrected chi connectivity index (χ0v) is 31.6. The van der Waals surface area contributed by atoms with Crippen molar-refractivity contribution < 1.29 is 0 Å². The number of aromatic nitrogens is 3. The predicted molar refractivity (Wildman–Crippen MR) is 235 cm³/mol. The first-order chi connectivity index (χ1) is 27.3. The van der Waals surface area contributed by atoms with Crippen molar-refractivity contribution in [3.05, 3.63) is 170 Å². The van der Waals surface area contributed by atoms with Gasteiger partial charge in [0, 0.05) is 15.5 Å². The average Bonchev–Trinajstić information content (AvgIpc) is 3.24. The Bertz CT molecular complexity index is 3330. The second-order valence-electron chi connectivity index (χ2n) is 14.2. The molecule has 7 heteroatoms. The van der Waals surface area contributed by atoms with Crippen LogP contribution in [0, 0.1) is 0 Å². The Hall–Kier alpha value is -6.25. The van der Waals surface area contributed by atoms with Crippen molar-refractivity contribution in [1.82, 2.24) is 13.4 Å². The van der Waals surface area contributed by atoms with E-state index < -0.39 is 0 Å². The summed E-state index contributed by atoms with van der Waals surface area (Å²) in [6.45, 7) is 0. The molecule has 3 aliphatic rings. The Kier molecular flexibility index (Phi) is 6.11. The Balaban J connectivity index is 1.17. The van der Waals surface area contributed by atoms with Gasteiger partial charge in [0.15, 0.2) is 0 Å². The highest BCUT2D eigenvalue weighted by atomic mass is 32.2. The molecule has 3 aliphatic heterocycles. The third-order valence-corrected chi connectivity index (χ3v) is 14.6. The molecule has 2 aromatic heterocycles. The van der Waals surface area contributed by atoms with Crippen molar-refractivity contribution >= 4 is 114 Å². The molecule has 10 aromatic rings. The molecular weight excluding hydrogens is 729 g/mol. The van der Waals surface area contributed by atoms with Gasteiger partial charge in [-0.05, 0) is 108 Å². The lowest BCUT2D eigenvalue weighted by molar-refractivity contribution is 1.10. The lowest BCUT2D eigenvalue weighted by atomic mass is 10.0. The summed E-state index contributed by atoms with van der Waals surface area (Å²) in [4.78, 5) is 4.94. The number of hydrogen-bond acceptors (Lipinski definition) is 4. The minimum absolute atomic E-state index is 1.15. The summed E-state index contributed by atoms with van der Waals surface area (Å²) >= 11 is 5.58. The maximum Gasteiger partial charge on any atom is 0.0948 e. The van der Waals surface area contributed by atoms with Crippen LogP contribution in [0.15, 0.2) is 180 Å². The first kappa shape index (κ1) is 30.1. The summed E-state index contributed by atoms with van der Waals surface area (Å²) in [6.07, 6.45) is 0. The zero-order chi connectivity index (χ0) is 35.8. The number of anilines is 3. The molecule has 0 saturated heterocycles. The summed E-state index contributed by atoms with van der Waals surface area (Å²) in [5, 5.41) is 0. The van der Waals surface area contributed by atoms with Gasteiger partial charge in [-0.3, -0.25) is 0 Å². The zero-order valence-electron chi connectivity index (χ0n) is 29.2. The molecule has 0 bridgehead atoms. The Morgan fingerprint density at radius 3 is 1.40 bits per heavy atom. The van der Waals surface area contributed by atoms with E-state index in [1.165, 1.54) is 101 Å². The van der Waals surface area contributed by atoms with E-state index in [2.05, 4.69) is 188 Å². The standard InChI is InChI=1S/C48H28N4S3/c1-5-17-40-32(11-1)49(33-12-2-6-18-41(33)53-40)31-25-23-29(24-26-31)30-27-38-46-39(28-30)51-35-14-4-8-20-43(35)55-45-22-10-16-37(48(45)51)52(46)36-15-9-21-44-47(36)50(38)34-13-3-7-19-42(34)54-44/h1-28H. The molecule has 0 atom stereocenters. The molecule has 0 saturated carbocycles. The Labute approximate surface area is 327 Å². The fraction of sp³-hybridized carbons (Fsp3) is 0. The van der Waals surface area contributed by atoms with Gasteiger partial charge >= 0.3 is 0 Å². The highest BCUT2D eigenvalue weighted by Crippen LogP contribution is 2.51. The fourth-order valence-corrected chi connectivity index (χ4v) is 12.2. The predicted octanol–water partition coefficient (Wildman–Crippen LogP) is 14.5. The van der Waals surface area contributed by atoms with Gasteiger partial charge in [0.1, 0.15) is 0 Å². The van der Waals surface area contributed by atoms with E-state index in [0.717, 1.165) is 5.69 Å². The van der Waals surface area contributed by atoms with Crippen molar-refractivity contribution in [2.24, 2.45) is 0 Å². The van der Waals surface area contributed by atoms with Crippen LogP contribution >= 0.6 is 34.4 Å². The average molecular weight is 757 g/mol. The van der Waals surface area contributed by atoms with Crippen LogP contribution in [-0.2, 0) is 0 Å². The van der Waals surface area contributed by atoms with Crippen LogP contribution in [0.4, 0.5) is 17.1 Å². The monoisotopic (exact) mass is 756 g/mol. The summed E-state index contributed by atoms with van der Waals surface area (Å²) in [5.74, 6) is 0. The van der Waals surface area contributed by atoms with Crippen molar-refractivity contribution in [3.8, 4) is 16.8 Å². The molecule has 8 aromatic carbocycles. The molecule has 0 unspecified atom stereocenters. The van der Waals surface area contributed by atoms with Crippen molar-refractivity contribution in [1.29, 1.82) is 0 Å². The topological polar surface area (TPSA) is 17.0 Å². The van der Waals surface area contributed by atoms with Gasteiger partial charge in [-0.15, -0.1) is 22.7 Å². The van der Waals surface area contributed by atoms with Crippen LogP contribution in [-0.4, -0.2) is 13.4 Å². The van der Waals surface area contributed by atoms with Crippen molar-refractivity contribution in [3.63, 3.8) is 0 Å². The third-order valence-electron chi connectivity index (χ3n) is 11.2. The number of nitrogens with zero attached hydrogens (tertiary/aromatic N) is 4. The van der Waals surface area contributed by atoms with Gasteiger partial charge in [0.05, 0.1) is 80.0 Å². The lowest BCUT2D eigenvalue weighted by Gasteiger charge is -2.32. The summed E-state index contributed by atoms with van der Waals surface area (Å²) in [7, 11) is 0. The summed E-state index contributed by atoms with van der Waals surface area (Å²) < 4.78 is 12.7. The SMILES string of the molecule is c1ccc2c(c1)Sc1ccccc1N2c1ccc(-c2cc3c4c(c2)n2c5ccccc5sc5cccc(c52)n-4c2cccc4sc5ccccc5n3c42)cc1. The largest absolute Gasteiger partial charge is 0.308 e. The van der Waals surface area contributed by atoms with Crippen molar-refractivity contribution in [2.75, 3.05) is 4.90 Å². The van der Waals surface area contributed by atoms with E-state index in [1.807, 2.05) is 34.4 Å². The van der Waals surface area contributed by atoms with Gasteiger partial charge in [0.2, 0.25) is 0 Å². The van der Waals surface area contributed by atoms with Crippen molar-refractivity contribution in [2.45, 2.75) is 9.79 Å². The van der Waals surface area contributed by atoms with E-state index in [0.29, 0.717) is 0 Å². The fourth-order valence-electron chi connectivity index (χ4n) is 8.93. The molecule has 4 nitrogen and oxygen atoms in total. The highest BCUT2D eigenvalue weighted by molar-refractivity contribution is 7.99. The van der Waals surface area contributed by atoms with E-state index >= 15 is 0 Å². The number of rotatable bonds is 2. The minimum atomic E-state index is 1.15. The second kappa shape index (κ2) is 11.1. The van der Waals surface area contributed by atoms with Gasteiger partial charge < -0.3 is 18.3 Å². The van der Waals surface area contributed by atoms with Crippen LogP contribution in [0.25, 0.3) is 79.7 Å². The maximum absolute atomic E-state index is 2.54. The minimum Gasteiger partial charge on any atom is -0.308 e. The van der Waals surface area contributed by atoms with Gasteiger partial charge in [-0.25, -0.2) is 0 Å². The highest BCUT2D eigenvalue weighted by Gasteiger charge is 2.27. The normalized spacial score (nSPS) is 13.0. The van der Waals surface area contributed by atoms with E-state index in [9.17, 15) is 0 Å². The molecule has 0 aliphatic carbocycles. The molecule has 13 rings (SSSR count). The van der Waals surface area contributed by atoms with E-state index in [1.54, 1.807) is 0 Å². The Morgan fingerprint density at radius 1 is 0.364 bits per heavy atom. The lowest BCUT2D eigenvalue weighted by Crippen LogP contribution is -2.14. The number of hydrogen-bond donors (Lipinski definition) is 0. The number of para-hydroxylation sites is 6. The van der Waals surface area contributed by atoms with Gasteiger partial charge in [0.25, 0.3) is 0 Å². The van der Waals surface area contributed by atoms with Crippen LogP contribution in [0.5, 0.6) is 0 Å². The molecule has 0 N–H and O–H groups in total. The van der Waals surface area contributed by atoms with Crippen LogP contribution < -0.4 is 4.90 Å². The molecule has 0 fully saturated rings. The Morgan fingerprint density at radius 2 is 0.836 bits per heavy atom. The third kappa shape index (κ3) is 4.12. The van der Waals surface area contributed by atoms with Gasteiger partial charge in [-0.1, -0.05) is 84.6 Å². The van der Waals surface area contributed by atoms with Crippen LogP contribution in [0.1, 0.15) is 0 Å². The molecule has 258 valence electrons. The smallest absolute Gasteiger partial charge is 0.0948 e. The molecule has 0 amide bonds. The van der Waals surface area contributed by atoms with E-state index in [-0.39, 0.29) is 0 Å². The van der Waals surface area contributed by atoms with Crippen LogP contribution in [0.2, 0.25) is 0 Å². The summed E-state index contributed by atoms with van der Waals surface area (Å²) in [6, 6.07) is 62.8. The van der Waals surface area contributed by atoms with Gasteiger partial charge in [-0.2, -0.15) is 0 Å². The maximum atomic E-state index is 2.54. The molecule has 0 radical (unpaired) electrons. The quantitative estimate of drug-likeness (QED) is 0.129. The second-order valence-corrected chi connectivity index (χ2v) is 17.4. The first-order valence-electron chi connectivity index (χ1n) is 18.4. The van der Waals surface area contributed by atoms with E-state index in [4.69, 9.17) is 0 Å². The number of benzene rings is 8. The molecule has 0 spiro atoms.